The fourth-order valence-corrected chi connectivity index (χ4v) is 4.21. The summed E-state index contributed by atoms with van der Waals surface area (Å²) in [5.41, 5.74) is 1.70. The van der Waals surface area contributed by atoms with E-state index in [1.54, 1.807) is 20.0 Å². The second-order valence-corrected chi connectivity index (χ2v) is 9.02. The molecule has 1 saturated carbocycles. The van der Waals surface area contributed by atoms with E-state index in [9.17, 15) is 9.90 Å². The zero-order valence-corrected chi connectivity index (χ0v) is 19.1. The molecule has 0 saturated heterocycles. The van der Waals surface area contributed by atoms with Crippen LogP contribution in [0.1, 0.15) is 57.6 Å². The number of nitrogens with two attached hydrogens (primary N) is 1. The van der Waals surface area contributed by atoms with Gasteiger partial charge in [-0.25, -0.2) is 0 Å². The first-order valence-corrected chi connectivity index (χ1v) is 11.3. The molecule has 0 aliphatic heterocycles. The Bertz CT molecular complexity index is 1210. The number of aromatic amines is 1. The lowest BCUT2D eigenvalue weighted by molar-refractivity contribution is 0.156. The Balaban J connectivity index is 1.52. The third-order valence-electron chi connectivity index (χ3n) is 6.02. The maximum Gasteiger partial charge on any atom is 0.261 e. The molecule has 4 rings (SSSR count). The van der Waals surface area contributed by atoms with Crippen LogP contribution in [0.25, 0.3) is 10.9 Å². The monoisotopic (exact) mass is 449 g/mol. The first-order chi connectivity index (χ1) is 15.9. The van der Waals surface area contributed by atoms with E-state index in [2.05, 4.69) is 20.4 Å². The fourth-order valence-electron chi connectivity index (χ4n) is 4.21. The molecule has 0 radical (unpaired) electrons. The van der Waals surface area contributed by atoms with Crippen molar-refractivity contribution in [2.24, 2.45) is 15.9 Å². The van der Waals surface area contributed by atoms with Gasteiger partial charge in [0, 0.05) is 18.1 Å². The van der Waals surface area contributed by atoms with Crippen LogP contribution in [0, 0.1) is 0 Å². The summed E-state index contributed by atoms with van der Waals surface area (Å²) in [6.07, 6.45) is 8.99. The molecule has 9 nitrogen and oxygen atoms in total. The number of aromatic nitrogens is 3. The van der Waals surface area contributed by atoms with Gasteiger partial charge in [0.2, 0.25) is 0 Å². The van der Waals surface area contributed by atoms with Gasteiger partial charge >= 0.3 is 0 Å². The van der Waals surface area contributed by atoms with Crippen LogP contribution in [-0.4, -0.2) is 37.4 Å². The summed E-state index contributed by atoms with van der Waals surface area (Å²) in [4.78, 5) is 19.7. The van der Waals surface area contributed by atoms with Crippen molar-refractivity contribution in [1.82, 2.24) is 14.8 Å². The summed E-state index contributed by atoms with van der Waals surface area (Å²) in [6, 6.07) is 10.0. The van der Waals surface area contributed by atoms with Crippen molar-refractivity contribution < 1.29 is 5.11 Å². The number of hydrogen-bond donors (Lipinski definition) is 4. The van der Waals surface area contributed by atoms with Gasteiger partial charge in [0.1, 0.15) is 16.7 Å². The van der Waals surface area contributed by atoms with Gasteiger partial charge in [0.15, 0.2) is 5.82 Å². The molecule has 0 amide bonds. The molecule has 9 heteroatoms. The van der Waals surface area contributed by atoms with Gasteiger partial charge in [-0.2, -0.15) is 10.2 Å². The van der Waals surface area contributed by atoms with Gasteiger partial charge in [0.25, 0.3) is 5.56 Å². The van der Waals surface area contributed by atoms with Crippen molar-refractivity contribution in [1.29, 1.82) is 0 Å². The minimum atomic E-state index is -1.15. The Morgan fingerprint density at radius 3 is 2.67 bits per heavy atom. The third kappa shape index (κ3) is 5.14. The second kappa shape index (κ2) is 9.58. The quantitative estimate of drug-likeness (QED) is 0.248. The normalized spacial score (nSPS) is 16.0. The number of hydrogen-bond acceptors (Lipinski definition) is 7. The van der Waals surface area contributed by atoms with Gasteiger partial charge in [0.05, 0.1) is 18.1 Å². The van der Waals surface area contributed by atoms with Crippen LogP contribution < -0.4 is 16.7 Å². The van der Waals surface area contributed by atoms with Gasteiger partial charge in [-0.15, -0.1) is 0 Å². The highest BCUT2D eigenvalue weighted by Gasteiger charge is 2.22. The molecule has 0 unspecified atom stereocenters. The number of aliphatic hydroxyl groups is 1. The number of nitrogens with zero attached hydrogens (tertiary/aromatic N) is 4. The number of fused-ring (bicyclic) bond motifs is 1. The highest BCUT2D eigenvalue weighted by Crippen LogP contribution is 2.32. The summed E-state index contributed by atoms with van der Waals surface area (Å²) >= 11 is 0. The van der Waals surface area contributed by atoms with E-state index in [0.29, 0.717) is 29.5 Å². The van der Waals surface area contributed by atoms with Crippen LogP contribution in [0.5, 0.6) is 0 Å². The number of rotatable bonds is 7. The minimum Gasteiger partial charge on any atom is -0.384 e. The van der Waals surface area contributed by atoms with Gasteiger partial charge < -0.3 is 21.2 Å². The SMILES string of the molecule is CC(C)(O)C(C=NCc1ccc(Nc2nn(C3CCCCC3)c3cc[nH]c(=O)c23)cc1)=NN. The fraction of sp³-hybridized carbons (Fsp3) is 0.417. The van der Waals surface area contributed by atoms with Crippen molar-refractivity contribution in [2.75, 3.05) is 5.32 Å². The Morgan fingerprint density at radius 2 is 2.00 bits per heavy atom. The van der Waals surface area contributed by atoms with Crippen LogP contribution in [0.15, 0.2) is 51.4 Å². The smallest absolute Gasteiger partial charge is 0.261 e. The maximum absolute atomic E-state index is 12.6. The van der Waals surface area contributed by atoms with Crippen LogP contribution in [0.3, 0.4) is 0 Å². The molecule has 174 valence electrons. The highest BCUT2D eigenvalue weighted by atomic mass is 16.3. The summed E-state index contributed by atoms with van der Waals surface area (Å²) < 4.78 is 2.02. The summed E-state index contributed by atoms with van der Waals surface area (Å²) in [5, 5.41) is 22.3. The van der Waals surface area contributed by atoms with Crippen molar-refractivity contribution in [2.45, 2.75) is 64.1 Å². The zero-order chi connectivity index (χ0) is 23.4. The Kier molecular flexibility index (Phi) is 6.60. The summed E-state index contributed by atoms with van der Waals surface area (Å²) in [7, 11) is 0. The second-order valence-electron chi connectivity index (χ2n) is 9.02. The van der Waals surface area contributed by atoms with Crippen molar-refractivity contribution in [3.8, 4) is 0 Å². The number of H-pyrrole nitrogens is 1. The average Bonchev–Trinajstić information content (AvgIpc) is 3.17. The zero-order valence-electron chi connectivity index (χ0n) is 19.1. The van der Waals surface area contributed by atoms with Crippen LogP contribution in [-0.2, 0) is 6.54 Å². The largest absolute Gasteiger partial charge is 0.384 e. The molecule has 1 fully saturated rings. The Morgan fingerprint density at radius 1 is 1.27 bits per heavy atom. The molecule has 0 atom stereocenters. The molecule has 2 heterocycles. The molecule has 0 bridgehead atoms. The molecule has 2 aromatic heterocycles. The van der Waals surface area contributed by atoms with E-state index in [1.165, 1.54) is 25.5 Å². The highest BCUT2D eigenvalue weighted by molar-refractivity contribution is 6.33. The lowest BCUT2D eigenvalue weighted by atomic mass is 9.95. The van der Waals surface area contributed by atoms with Crippen LogP contribution in [0.2, 0.25) is 0 Å². The molecule has 5 N–H and O–H groups in total. The van der Waals surface area contributed by atoms with Gasteiger partial charge in [-0.3, -0.25) is 14.5 Å². The van der Waals surface area contributed by atoms with E-state index < -0.39 is 5.60 Å². The topological polar surface area (TPSA) is 134 Å². The standard InChI is InChI=1S/C24H31N7O2/c1-24(2,33)20(29-25)15-26-14-16-8-10-17(11-9-16)28-22-21-19(12-13-27-23(21)32)31(30-22)18-6-4-3-5-7-18/h8-13,15,18,33H,3-7,14,25H2,1-2H3,(H,27,32)(H,28,30). The Labute approximate surface area is 192 Å². The van der Waals surface area contributed by atoms with Gasteiger partial charge in [-0.1, -0.05) is 31.4 Å². The molecule has 1 aromatic carbocycles. The van der Waals surface area contributed by atoms with E-state index in [1.807, 2.05) is 35.0 Å². The number of anilines is 2. The van der Waals surface area contributed by atoms with Crippen LogP contribution >= 0.6 is 0 Å². The number of benzene rings is 1. The maximum atomic E-state index is 12.6. The van der Waals surface area contributed by atoms with E-state index in [-0.39, 0.29) is 5.56 Å². The summed E-state index contributed by atoms with van der Waals surface area (Å²) in [6.45, 7) is 3.64. The third-order valence-corrected chi connectivity index (χ3v) is 6.02. The average molecular weight is 450 g/mol. The molecule has 0 spiro atoms. The van der Waals surface area contributed by atoms with E-state index in [0.717, 1.165) is 29.6 Å². The van der Waals surface area contributed by atoms with Crippen molar-refractivity contribution in [3.63, 3.8) is 0 Å². The molecular weight excluding hydrogens is 418 g/mol. The molecule has 33 heavy (non-hydrogen) atoms. The summed E-state index contributed by atoms with van der Waals surface area (Å²) in [5.74, 6) is 5.89. The van der Waals surface area contributed by atoms with Crippen LogP contribution in [0.4, 0.5) is 11.5 Å². The first-order valence-electron chi connectivity index (χ1n) is 11.3. The van der Waals surface area contributed by atoms with Crippen molar-refractivity contribution in [3.05, 3.63) is 52.4 Å². The number of aliphatic imine (C=N–C) groups is 1. The van der Waals surface area contributed by atoms with Crippen molar-refractivity contribution >= 4 is 34.3 Å². The predicted octanol–water partition coefficient (Wildman–Crippen LogP) is 3.63. The Hall–Kier alpha value is -3.46. The number of pyridine rings is 1. The minimum absolute atomic E-state index is 0.146. The van der Waals surface area contributed by atoms with E-state index >= 15 is 0 Å². The predicted molar refractivity (Wildman–Crippen MR) is 132 cm³/mol. The lowest BCUT2D eigenvalue weighted by Gasteiger charge is -2.22. The molecular formula is C24H31N7O2. The van der Waals surface area contributed by atoms with Gasteiger partial charge in [-0.05, 0) is 50.5 Å². The number of hydrazone groups is 1. The molecule has 3 aromatic rings. The first kappa shape index (κ1) is 22.7. The van der Waals surface area contributed by atoms with E-state index in [4.69, 9.17) is 10.9 Å². The molecule has 1 aliphatic rings. The molecule has 1 aliphatic carbocycles. The lowest BCUT2D eigenvalue weighted by Crippen LogP contribution is -2.33. The number of nitrogens with one attached hydrogen (secondary N) is 2.